The lowest BCUT2D eigenvalue weighted by Gasteiger charge is -2.32. The largest absolute Gasteiger partial charge is 0.452 e. The van der Waals surface area contributed by atoms with E-state index in [4.69, 9.17) is 4.74 Å². The van der Waals surface area contributed by atoms with Crippen LogP contribution in [0.5, 0.6) is 0 Å². The van der Waals surface area contributed by atoms with Gasteiger partial charge in [0.05, 0.1) is 0 Å². The number of hydrogen-bond acceptors (Lipinski definition) is 4. The summed E-state index contributed by atoms with van der Waals surface area (Å²) in [6.45, 7) is 1.04. The number of rotatable bonds is 3. The number of ether oxygens (including phenoxy) is 1. The van der Waals surface area contributed by atoms with E-state index >= 15 is 0 Å². The fraction of sp³-hybridized carbons (Fsp3) is 0.889. The summed E-state index contributed by atoms with van der Waals surface area (Å²) in [5.74, 6) is -0.422. The van der Waals surface area contributed by atoms with Gasteiger partial charge in [-0.2, -0.15) is 0 Å². The van der Waals surface area contributed by atoms with Crippen molar-refractivity contribution in [3.8, 4) is 0 Å². The van der Waals surface area contributed by atoms with Crippen LogP contribution in [0.2, 0.25) is 0 Å². The third kappa shape index (κ3) is 2.97. The molecule has 0 aliphatic heterocycles. The molecule has 0 spiro atoms. The predicted molar refractivity (Wildman–Crippen MR) is 49.4 cm³/mol. The highest BCUT2D eigenvalue weighted by molar-refractivity contribution is 5.66. The van der Waals surface area contributed by atoms with Crippen molar-refractivity contribution in [1.29, 1.82) is 0 Å². The second-order valence-corrected chi connectivity index (χ2v) is 3.83. The van der Waals surface area contributed by atoms with Crippen molar-refractivity contribution in [2.24, 2.45) is 0 Å². The van der Waals surface area contributed by atoms with E-state index < -0.39 is 16.5 Å². The summed E-state index contributed by atoms with van der Waals surface area (Å²) in [5.41, 5.74) is -0.826. The highest BCUT2D eigenvalue weighted by Gasteiger charge is 2.40. The van der Waals surface area contributed by atoms with Crippen LogP contribution in [0.15, 0.2) is 0 Å². The second-order valence-electron chi connectivity index (χ2n) is 3.83. The molecular formula is C9H15NO4. The molecule has 0 amide bonds. The van der Waals surface area contributed by atoms with Gasteiger partial charge in [0.15, 0.2) is 5.60 Å². The van der Waals surface area contributed by atoms with Crippen LogP contribution in [0.3, 0.4) is 0 Å². The Hall–Kier alpha value is -1.13. The van der Waals surface area contributed by atoms with E-state index in [1.165, 1.54) is 6.92 Å². The number of nitrogens with zero attached hydrogens (tertiary/aromatic N) is 1. The van der Waals surface area contributed by atoms with Gasteiger partial charge in [0.2, 0.25) is 6.54 Å². The molecule has 1 saturated carbocycles. The predicted octanol–water partition coefficient (Wildman–Crippen LogP) is 1.53. The first kappa shape index (κ1) is 10.9. The van der Waals surface area contributed by atoms with Gasteiger partial charge in [0.25, 0.3) is 0 Å². The maximum Gasteiger partial charge on any atom is 0.303 e. The maximum absolute atomic E-state index is 10.9. The number of nitro groups is 1. The zero-order chi connectivity index (χ0) is 10.6. The van der Waals surface area contributed by atoms with Crippen molar-refractivity contribution in [2.45, 2.75) is 44.6 Å². The molecule has 0 saturated heterocycles. The molecule has 0 aromatic carbocycles. The van der Waals surface area contributed by atoms with Gasteiger partial charge in [0, 0.05) is 11.8 Å². The van der Waals surface area contributed by atoms with E-state index in [2.05, 4.69) is 0 Å². The summed E-state index contributed by atoms with van der Waals surface area (Å²) in [5, 5.41) is 10.5. The number of hydrogen-bond donors (Lipinski definition) is 0. The van der Waals surface area contributed by atoms with Crippen molar-refractivity contribution in [1.82, 2.24) is 0 Å². The van der Waals surface area contributed by atoms with Crippen LogP contribution < -0.4 is 0 Å². The molecule has 0 bridgehead atoms. The first-order valence-electron chi connectivity index (χ1n) is 4.85. The maximum atomic E-state index is 10.9. The summed E-state index contributed by atoms with van der Waals surface area (Å²) < 4.78 is 5.11. The molecule has 0 unspecified atom stereocenters. The zero-order valence-electron chi connectivity index (χ0n) is 8.32. The van der Waals surface area contributed by atoms with Crippen molar-refractivity contribution in [3.05, 3.63) is 10.1 Å². The van der Waals surface area contributed by atoms with E-state index in [9.17, 15) is 14.9 Å². The highest BCUT2D eigenvalue weighted by Crippen LogP contribution is 2.31. The number of carbonyl (C=O) groups is 1. The average Bonchev–Trinajstić information content (AvgIpc) is 2.01. The lowest BCUT2D eigenvalue weighted by Crippen LogP contribution is -2.43. The van der Waals surface area contributed by atoms with Crippen molar-refractivity contribution in [3.63, 3.8) is 0 Å². The van der Waals surface area contributed by atoms with Gasteiger partial charge in [-0.3, -0.25) is 14.9 Å². The molecule has 1 rings (SSSR count). The monoisotopic (exact) mass is 201 g/mol. The van der Waals surface area contributed by atoms with Gasteiger partial charge >= 0.3 is 5.97 Å². The summed E-state index contributed by atoms with van der Waals surface area (Å²) in [6.07, 6.45) is 4.12. The van der Waals surface area contributed by atoms with Crippen molar-refractivity contribution >= 4 is 5.97 Å². The number of carbonyl (C=O) groups excluding carboxylic acids is 1. The Labute approximate surface area is 82.6 Å². The molecule has 1 aliphatic carbocycles. The van der Waals surface area contributed by atoms with E-state index in [0.29, 0.717) is 12.8 Å². The Morgan fingerprint density at radius 1 is 1.43 bits per heavy atom. The van der Waals surface area contributed by atoms with E-state index in [1.54, 1.807) is 0 Å². The molecule has 0 aromatic heterocycles. The topological polar surface area (TPSA) is 69.4 Å². The van der Waals surface area contributed by atoms with Crippen LogP contribution in [-0.4, -0.2) is 23.0 Å². The van der Waals surface area contributed by atoms with Crippen LogP contribution in [0.25, 0.3) is 0 Å². The van der Waals surface area contributed by atoms with Gasteiger partial charge in [-0.25, -0.2) is 0 Å². The molecule has 0 radical (unpaired) electrons. The molecule has 1 aliphatic rings. The van der Waals surface area contributed by atoms with Gasteiger partial charge in [-0.05, 0) is 25.7 Å². The molecule has 5 nitrogen and oxygen atoms in total. The molecule has 0 heterocycles. The molecule has 0 N–H and O–H groups in total. The minimum Gasteiger partial charge on any atom is -0.452 e. The van der Waals surface area contributed by atoms with Gasteiger partial charge in [-0.15, -0.1) is 0 Å². The first-order valence-corrected chi connectivity index (χ1v) is 4.85. The molecule has 5 heteroatoms. The molecular weight excluding hydrogens is 186 g/mol. The third-order valence-corrected chi connectivity index (χ3v) is 2.54. The van der Waals surface area contributed by atoms with Crippen LogP contribution >= 0.6 is 0 Å². The summed E-state index contributed by atoms with van der Waals surface area (Å²) >= 11 is 0. The van der Waals surface area contributed by atoms with E-state index in [-0.39, 0.29) is 6.54 Å². The molecule has 0 atom stereocenters. The number of esters is 1. The standard InChI is InChI=1S/C9H15NO4/c1-8(11)14-9(7-10(12)13)5-3-2-4-6-9/h2-7H2,1H3. The smallest absolute Gasteiger partial charge is 0.303 e. The lowest BCUT2D eigenvalue weighted by atomic mass is 9.84. The molecule has 80 valence electrons. The van der Waals surface area contributed by atoms with Crippen LogP contribution in [0.4, 0.5) is 0 Å². The third-order valence-electron chi connectivity index (χ3n) is 2.54. The summed E-state index contributed by atoms with van der Waals surface area (Å²) in [7, 11) is 0. The Morgan fingerprint density at radius 2 is 2.00 bits per heavy atom. The van der Waals surface area contributed by atoms with Gasteiger partial charge in [0.1, 0.15) is 0 Å². The lowest BCUT2D eigenvalue weighted by molar-refractivity contribution is -0.501. The second kappa shape index (κ2) is 4.39. The SMILES string of the molecule is CC(=O)OC1(C[N+](=O)[O-])CCCCC1. The Bertz CT molecular complexity index is 215. The van der Waals surface area contributed by atoms with E-state index in [0.717, 1.165) is 19.3 Å². The Kier molecular flexibility index (Phi) is 3.43. The Morgan fingerprint density at radius 3 is 2.43 bits per heavy atom. The minimum atomic E-state index is -0.826. The van der Waals surface area contributed by atoms with Crippen LogP contribution in [0.1, 0.15) is 39.0 Å². The molecule has 0 aromatic rings. The molecule has 1 fully saturated rings. The minimum absolute atomic E-state index is 0.257. The fourth-order valence-corrected chi connectivity index (χ4v) is 2.03. The van der Waals surface area contributed by atoms with Crippen LogP contribution in [-0.2, 0) is 9.53 Å². The molecule has 14 heavy (non-hydrogen) atoms. The fourth-order valence-electron chi connectivity index (χ4n) is 2.03. The van der Waals surface area contributed by atoms with E-state index in [1.807, 2.05) is 0 Å². The quantitative estimate of drug-likeness (QED) is 0.394. The zero-order valence-corrected chi connectivity index (χ0v) is 8.32. The highest BCUT2D eigenvalue weighted by atomic mass is 16.6. The summed E-state index contributed by atoms with van der Waals surface area (Å²) in [4.78, 5) is 20.9. The normalized spacial score (nSPS) is 20.1. The van der Waals surface area contributed by atoms with Gasteiger partial charge in [-0.1, -0.05) is 6.42 Å². The first-order chi connectivity index (χ1) is 6.54. The summed E-state index contributed by atoms with van der Waals surface area (Å²) in [6, 6.07) is 0. The van der Waals surface area contributed by atoms with Crippen molar-refractivity contribution < 1.29 is 14.5 Å². The Balaban J connectivity index is 2.66. The van der Waals surface area contributed by atoms with Gasteiger partial charge < -0.3 is 4.74 Å². The van der Waals surface area contributed by atoms with Crippen LogP contribution in [0, 0.1) is 10.1 Å². The van der Waals surface area contributed by atoms with Crippen molar-refractivity contribution in [2.75, 3.05) is 6.54 Å². The average molecular weight is 201 g/mol.